The van der Waals surface area contributed by atoms with Gasteiger partial charge in [0.1, 0.15) is 5.75 Å². The summed E-state index contributed by atoms with van der Waals surface area (Å²) in [6.45, 7) is 0. The molecule has 0 unspecified atom stereocenters. The van der Waals surface area contributed by atoms with Gasteiger partial charge in [0, 0.05) is 11.5 Å². The molecule has 2 aromatic rings. The molecule has 72 valence electrons. The fourth-order valence-electron chi connectivity index (χ4n) is 1.06. The zero-order valence-electron chi connectivity index (χ0n) is 7.64. The molecule has 0 aliphatic heterocycles. The fourth-order valence-corrected chi connectivity index (χ4v) is 1.33. The molecule has 0 saturated heterocycles. The van der Waals surface area contributed by atoms with Gasteiger partial charge in [-0.2, -0.15) is 0 Å². The van der Waals surface area contributed by atoms with Crippen LogP contribution in [-0.4, -0.2) is 9.55 Å². The number of aromatic nitrogens is 2. The number of nitrogens with zero attached hydrogens (tertiary/aromatic N) is 2. The molecule has 0 atom stereocenters. The Balaban J connectivity index is 2.15. The first-order valence-electron chi connectivity index (χ1n) is 4.15. The Morgan fingerprint density at radius 2 is 2.00 bits per heavy atom. The highest BCUT2D eigenvalue weighted by Gasteiger charge is 1.99. The molecule has 2 rings (SSSR count). The highest BCUT2D eigenvalue weighted by molar-refractivity contribution is 9.10. The molecular formula is C10H9BrN2O. The molecular weight excluding hydrogens is 244 g/mol. The second-order valence-corrected chi connectivity index (χ2v) is 3.85. The van der Waals surface area contributed by atoms with Gasteiger partial charge in [-0.15, -0.1) is 0 Å². The molecule has 0 N–H and O–H groups in total. The Morgan fingerprint density at radius 1 is 1.29 bits per heavy atom. The Bertz CT molecular complexity index is 422. The van der Waals surface area contributed by atoms with Crippen molar-refractivity contribution in [1.82, 2.24) is 9.55 Å². The van der Waals surface area contributed by atoms with E-state index in [2.05, 4.69) is 20.9 Å². The van der Waals surface area contributed by atoms with Crippen molar-refractivity contribution in [1.29, 1.82) is 0 Å². The van der Waals surface area contributed by atoms with Crippen molar-refractivity contribution in [2.45, 2.75) is 0 Å². The lowest BCUT2D eigenvalue weighted by Gasteiger charge is -2.00. The van der Waals surface area contributed by atoms with Crippen molar-refractivity contribution < 1.29 is 4.74 Å². The lowest BCUT2D eigenvalue weighted by atomic mass is 10.3. The predicted molar refractivity (Wildman–Crippen MR) is 57.4 cm³/mol. The van der Waals surface area contributed by atoms with Crippen LogP contribution in [0.4, 0.5) is 0 Å². The van der Waals surface area contributed by atoms with Crippen LogP contribution in [0.25, 0.3) is 0 Å². The Labute approximate surface area is 90.5 Å². The zero-order valence-corrected chi connectivity index (χ0v) is 9.23. The maximum atomic E-state index is 5.50. The van der Waals surface area contributed by atoms with Gasteiger partial charge in [0.05, 0.1) is 12.5 Å². The molecule has 0 amide bonds. The average molecular weight is 253 g/mol. The highest BCUT2D eigenvalue weighted by Crippen LogP contribution is 2.21. The number of halogens is 1. The van der Waals surface area contributed by atoms with Gasteiger partial charge in [0.2, 0.25) is 5.88 Å². The summed E-state index contributed by atoms with van der Waals surface area (Å²) in [5, 5.41) is 0. The van der Waals surface area contributed by atoms with Crippen molar-refractivity contribution >= 4 is 15.9 Å². The van der Waals surface area contributed by atoms with E-state index < -0.39 is 0 Å². The van der Waals surface area contributed by atoms with E-state index in [1.165, 1.54) is 0 Å². The highest BCUT2D eigenvalue weighted by atomic mass is 79.9. The maximum Gasteiger partial charge on any atom is 0.237 e. The first kappa shape index (κ1) is 9.27. The molecule has 3 nitrogen and oxygen atoms in total. The van der Waals surface area contributed by atoms with Crippen LogP contribution in [0.15, 0.2) is 41.3 Å². The minimum atomic E-state index is 0.606. The van der Waals surface area contributed by atoms with Gasteiger partial charge < -0.3 is 9.30 Å². The lowest BCUT2D eigenvalue weighted by Crippen LogP contribution is -1.83. The van der Waals surface area contributed by atoms with Gasteiger partial charge in [0.25, 0.3) is 0 Å². The Hall–Kier alpha value is -1.29. The number of rotatable bonds is 2. The molecule has 0 aliphatic carbocycles. The topological polar surface area (TPSA) is 27.1 Å². The van der Waals surface area contributed by atoms with Crippen molar-refractivity contribution in [3.8, 4) is 11.6 Å². The van der Waals surface area contributed by atoms with Gasteiger partial charge in [-0.1, -0.05) is 15.9 Å². The molecule has 0 spiro atoms. The Kier molecular flexibility index (Phi) is 2.54. The van der Waals surface area contributed by atoms with Crippen LogP contribution in [0.5, 0.6) is 11.6 Å². The molecule has 0 bridgehead atoms. The molecule has 1 aromatic heterocycles. The van der Waals surface area contributed by atoms with E-state index in [1.54, 1.807) is 6.33 Å². The van der Waals surface area contributed by atoms with E-state index in [0.717, 1.165) is 10.2 Å². The summed E-state index contributed by atoms with van der Waals surface area (Å²) in [6.07, 6.45) is 3.52. The molecule has 0 saturated carbocycles. The lowest BCUT2D eigenvalue weighted by molar-refractivity contribution is 0.465. The van der Waals surface area contributed by atoms with E-state index in [0.29, 0.717) is 5.88 Å². The molecule has 14 heavy (non-hydrogen) atoms. The quantitative estimate of drug-likeness (QED) is 0.822. The van der Waals surface area contributed by atoms with Gasteiger partial charge >= 0.3 is 0 Å². The number of hydrogen-bond donors (Lipinski definition) is 0. The van der Waals surface area contributed by atoms with E-state index >= 15 is 0 Å². The molecule has 0 radical (unpaired) electrons. The van der Waals surface area contributed by atoms with Crippen molar-refractivity contribution in [3.05, 3.63) is 41.3 Å². The maximum absolute atomic E-state index is 5.50. The van der Waals surface area contributed by atoms with Crippen LogP contribution in [0.1, 0.15) is 0 Å². The van der Waals surface area contributed by atoms with Crippen molar-refractivity contribution in [2.24, 2.45) is 7.05 Å². The molecule has 1 heterocycles. The number of ether oxygens (including phenoxy) is 1. The van der Waals surface area contributed by atoms with Gasteiger partial charge in [-0.05, 0) is 24.3 Å². The largest absolute Gasteiger partial charge is 0.438 e. The third-order valence-corrected chi connectivity index (χ3v) is 2.25. The van der Waals surface area contributed by atoms with Gasteiger partial charge in [0.15, 0.2) is 0 Å². The summed E-state index contributed by atoms with van der Waals surface area (Å²) in [6, 6.07) is 7.63. The van der Waals surface area contributed by atoms with E-state index in [1.807, 2.05) is 42.1 Å². The van der Waals surface area contributed by atoms with Crippen molar-refractivity contribution in [2.75, 3.05) is 0 Å². The van der Waals surface area contributed by atoms with E-state index in [-0.39, 0.29) is 0 Å². The molecule has 1 aromatic carbocycles. The zero-order chi connectivity index (χ0) is 9.97. The Morgan fingerprint density at radius 3 is 2.57 bits per heavy atom. The molecule has 0 aliphatic rings. The summed E-state index contributed by atoms with van der Waals surface area (Å²) >= 11 is 3.36. The van der Waals surface area contributed by atoms with Crippen LogP contribution in [0, 0.1) is 0 Å². The third-order valence-electron chi connectivity index (χ3n) is 1.72. The van der Waals surface area contributed by atoms with Crippen LogP contribution in [0.2, 0.25) is 0 Å². The first-order valence-corrected chi connectivity index (χ1v) is 4.95. The summed E-state index contributed by atoms with van der Waals surface area (Å²) in [5.74, 6) is 1.39. The number of aryl methyl sites for hydroxylation is 1. The van der Waals surface area contributed by atoms with E-state index in [4.69, 9.17) is 4.74 Å². The van der Waals surface area contributed by atoms with Crippen LogP contribution >= 0.6 is 15.9 Å². The standard InChI is InChI=1S/C10H9BrN2O/c1-13-6-10(12-7-13)14-9-4-2-8(11)3-5-9/h2-7H,1H3. The van der Waals surface area contributed by atoms with Gasteiger partial charge in [-0.3, -0.25) is 0 Å². The first-order chi connectivity index (χ1) is 6.74. The summed E-state index contributed by atoms with van der Waals surface area (Å²) in [5.41, 5.74) is 0. The normalized spacial score (nSPS) is 10.1. The number of hydrogen-bond acceptors (Lipinski definition) is 2. The summed E-state index contributed by atoms with van der Waals surface area (Å²) in [7, 11) is 1.90. The van der Waals surface area contributed by atoms with Crippen LogP contribution in [0.3, 0.4) is 0 Å². The minimum Gasteiger partial charge on any atom is -0.438 e. The van der Waals surface area contributed by atoms with E-state index in [9.17, 15) is 0 Å². The van der Waals surface area contributed by atoms with Crippen molar-refractivity contribution in [3.63, 3.8) is 0 Å². The second kappa shape index (κ2) is 3.84. The monoisotopic (exact) mass is 252 g/mol. The third kappa shape index (κ3) is 2.14. The van der Waals surface area contributed by atoms with Crippen LogP contribution in [-0.2, 0) is 7.05 Å². The fraction of sp³-hybridized carbons (Fsp3) is 0.100. The SMILES string of the molecule is Cn1cnc(Oc2ccc(Br)cc2)c1. The number of imidazole rings is 1. The van der Waals surface area contributed by atoms with Gasteiger partial charge in [-0.25, -0.2) is 4.98 Å². The smallest absolute Gasteiger partial charge is 0.237 e. The molecule has 0 fully saturated rings. The number of benzene rings is 1. The summed E-state index contributed by atoms with van der Waals surface area (Å²) in [4.78, 5) is 4.06. The second-order valence-electron chi connectivity index (χ2n) is 2.93. The predicted octanol–water partition coefficient (Wildman–Crippen LogP) is 2.97. The van der Waals surface area contributed by atoms with Crippen LogP contribution < -0.4 is 4.74 Å². The molecule has 4 heteroatoms. The minimum absolute atomic E-state index is 0.606. The average Bonchev–Trinajstić information content (AvgIpc) is 2.56. The summed E-state index contributed by atoms with van der Waals surface area (Å²) < 4.78 is 8.38.